The number of piperidine rings is 3. The zero-order valence-corrected chi connectivity index (χ0v) is 9.98. The van der Waals surface area contributed by atoms with Crippen LogP contribution in [0.25, 0.3) is 0 Å². The first kappa shape index (κ1) is 12.3. The van der Waals surface area contributed by atoms with Crippen molar-refractivity contribution in [2.24, 2.45) is 11.1 Å². The van der Waals surface area contributed by atoms with Crippen LogP contribution in [0.5, 0.6) is 0 Å². The molecule has 84 valence electrons. The SMILES string of the molecule is CCCCC12CCN(CC1)C(N)C2.Cl. The van der Waals surface area contributed by atoms with Gasteiger partial charge in [0, 0.05) is 13.1 Å². The average Bonchev–Trinajstić information content (AvgIpc) is 2.16. The molecule has 3 aliphatic heterocycles. The molecule has 3 heterocycles. The van der Waals surface area contributed by atoms with Gasteiger partial charge in [-0.05, 0) is 31.1 Å². The second-order valence-electron chi connectivity index (χ2n) is 4.91. The number of unbranched alkanes of at least 4 members (excludes halogenated alkanes) is 1. The van der Waals surface area contributed by atoms with Crippen LogP contribution in [0.15, 0.2) is 0 Å². The fourth-order valence-electron chi connectivity index (χ4n) is 3.01. The maximum atomic E-state index is 6.10. The van der Waals surface area contributed by atoms with Crippen molar-refractivity contribution in [3.05, 3.63) is 0 Å². The molecule has 0 spiro atoms. The molecule has 3 fully saturated rings. The summed E-state index contributed by atoms with van der Waals surface area (Å²) in [6.45, 7) is 4.80. The molecule has 3 heteroatoms. The highest BCUT2D eigenvalue weighted by Gasteiger charge is 2.42. The van der Waals surface area contributed by atoms with Crippen molar-refractivity contribution in [2.45, 2.75) is 51.6 Å². The molecule has 3 saturated heterocycles. The Morgan fingerprint density at radius 3 is 2.50 bits per heavy atom. The van der Waals surface area contributed by atoms with E-state index in [9.17, 15) is 0 Å². The Morgan fingerprint density at radius 2 is 2.00 bits per heavy atom. The van der Waals surface area contributed by atoms with E-state index in [1.165, 1.54) is 51.6 Å². The molecule has 0 saturated carbocycles. The first-order valence-corrected chi connectivity index (χ1v) is 5.75. The molecule has 2 nitrogen and oxygen atoms in total. The molecule has 0 aromatic rings. The van der Waals surface area contributed by atoms with Crippen LogP contribution < -0.4 is 5.73 Å². The van der Waals surface area contributed by atoms with Gasteiger partial charge in [-0.15, -0.1) is 12.4 Å². The summed E-state index contributed by atoms with van der Waals surface area (Å²) in [5, 5.41) is 0. The minimum Gasteiger partial charge on any atom is -0.316 e. The van der Waals surface area contributed by atoms with Gasteiger partial charge in [0.2, 0.25) is 0 Å². The summed E-state index contributed by atoms with van der Waals surface area (Å²) in [6.07, 6.45) is 8.59. The second kappa shape index (κ2) is 4.82. The largest absolute Gasteiger partial charge is 0.316 e. The number of nitrogens with zero attached hydrogens (tertiary/aromatic N) is 1. The monoisotopic (exact) mass is 218 g/mol. The number of fused-ring (bicyclic) bond motifs is 3. The lowest BCUT2D eigenvalue weighted by Gasteiger charge is -2.52. The van der Waals surface area contributed by atoms with Crippen LogP contribution in [-0.2, 0) is 0 Å². The topological polar surface area (TPSA) is 29.3 Å². The Balaban J connectivity index is 0.000000980. The smallest absolute Gasteiger partial charge is 0.0577 e. The van der Waals surface area contributed by atoms with Gasteiger partial charge in [0.25, 0.3) is 0 Å². The summed E-state index contributed by atoms with van der Waals surface area (Å²) >= 11 is 0. The fourth-order valence-corrected chi connectivity index (χ4v) is 3.01. The van der Waals surface area contributed by atoms with Crippen molar-refractivity contribution >= 4 is 12.4 Å². The van der Waals surface area contributed by atoms with Gasteiger partial charge in [-0.3, -0.25) is 4.90 Å². The molecule has 0 aliphatic carbocycles. The highest BCUT2D eigenvalue weighted by Crippen LogP contribution is 2.45. The van der Waals surface area contributed by atoms with Crippen molar-refractivity contribution in [1.29, 1.82) is 0 Å². The Hall–Kier alpha value is 0.210. The first-order valence-electron chi connectivity index (χ1n) is 5.75. The highest BCUT2D eigenvalue weighted by molar-refractivity contribution is 5.85. The average molecular weight is 219 g/mol. The van der Waals surface area contributed by atoms with E-state index >= 15 is 0 Å². The summed E-state index contributed by atoms with van der Waals surface area (Å²) in [5.74, 6) is 0. The van der Waals surface area contributed by atoms with E-state index in [4.69, 9.17) is 5.73 Å². The third-order valence-electron chi connectivity index (χ3n) is 4.03. The van der Waals surface area contributed by atoms with Crippen molar-refractivity contribution in [1.82, 2.24) is 4.90 Å². The molecule has 0 radical (unpaired) electrons. The van der Waals surface area contributed by atoms with Crippen LogP contribution in [0.4, 0.5) is 0 Å². The van der Waals surface area contributed by atoms with Crippen LogP contribution in [0.1, 0.15) is 45.4 Å². The molecule has 2 bridgehead atoms. The molecular formula is C11H23ClN2. The molecule has 0 aromatic heterocycles. The predicted molar refractivity (Wildman–Crippen MR) is 62.6 cm³/mol. The summed E-state index contributed by atoms with van der Waals surface area (Å²) < 4.78 is 0. The van der Waals surface area contributed by atoms with E-state index in [0.29, 0.717) is 11.6 Å². The van der Waals surface area contributed by atoms with Gasteiger partial charge in [0.15, 0.2) is 0 Å². The Morgan fingerprint density at radius 1 is 1.36 bits per heavy atom. The number of nitrogens with two attached hydrogens (primary N) is 1. The Kier molecular flexibility index (Phi) is 4.23. The van der Waals surface area contributed by atoms with Gasteiger partial charge in [-0.25, -0.2) is 0 Å². The summed E-state index contributed by atoms with van der Waals surface area (Å²) in [7, 11) is 0. The van der Waals surface area contributed by atoms with Gasteiger partial charge < -0.3 is 5.73 Å². The van der Waals surface area contributed by atoms with E-state index in [1.54, 1.807) is 0 Å². The van der Waals surface area contributed by atoms with Crippen LogP contribution >= 0.6 is 12.4 Å². The molecule has 1 unspecified atom stereocenters. The molecule has 3 aliphatic rings. The normalized spacial score (nSPS) is 40.7. The third kappa shape index (κ3) is 2.23. The van der Waals surface area contributed by atoms with E-state index < -0.39 is 0 Å². The quantitative estimate of drug-likeness (QED) is 0.788. The lowest BCUT2D eigenvalue weighted by atomic mass is 9.68. The molecule has 0 aromatic carbocycles. The van der Waals surface area contributed by atoms with Gasteiger partial charge in [-0.1, -0.05) is 19.8 Å². The minimum absolute atomic E-state index is 0. The molecule has 2 N–H and O–H groups in total. The fraction of sp³-hybridized carbons (Fsp3) is 1.00. The first-order chi connectivity index (χ1) is 6.26. The molecule has 0 amide bonds. The maximum absolute atomic E-state index is 6.10. The molecule has 1 atom stereocenters. The van der Waals surface area contributed by atoms with E-state index in [0.717, 1.165) is 0 Å². The van der Waals surface area contributed by atoms with Gasteiger partial charge in [0.1, 0.15) is 0 Å². The zero-order valence-electron chi connectivity index (χ0n) is 9.17. The number of hydrogen-bond acceptors (Lipinski definition) is 2. The summed E-state index contributed by atoms with van der Waals surface area (Å²) in [4.78, 5) is 2.45. The summed E-state index contributed by atoms with van der Waals surface area (Å²) in [5.41, 5.74) is 6.75. The van der Waals surface area contributed by atoms with Crippen molar-refractivity contribution in [3.63, 3.8) is 0 Å². The minimum atomic E-state index is 0. The van der Waals surface area contributed by atoms with Crippen LogP contribution in [0.2, 0.25) is 0 Å². The highest BCUT2D eigenvalue weighted by atomic mass is 35.5. The van der Waals surface area contributed by atoms with Gasteiger partial charge in [-0.2, -0.15) is 0 Å². The maximum Gasteiger partial charge on any atom is 0.0577 e. The Labute approximate surface area is 93.6 Å². The second-order valence-corrected chi connectivity index (χ2v) is 4.91. The van der Waals surface area contributed by atoms with E-state index in [1.807, 2.05) is 0 Å². The van der Waals surface area contributed by atoms with Gasteiger partial charge >= 0.3 is 0 Å². The predicted octanol–water partition coefficient (Wildman–Crippen LogP) is 2.37. The molecule has 3 rings (SSSR count). The van der Waals surface area contributed by atoms with Crippen LogP contribution in [0, 0.1) is 5.41 Å². The number of hydrogen-bond donors (Lipinski definition) is 1. The zero-order chi connectivity index (χ0) is 9.31. The number of halogens is 1. The van der Waals surface area contributed by atoms with Crippen molar-refractivity contribution < 1.29 is 0 Å². The van der Waals surface area contributed by atoms with Crippen molar-refractivity contribution in [3.8, 4) is 0 Å². The third-order valence-corrected chi connectivity index (χ3v) is 4.03. The van der Waals surface area contributed by atoms with E-state index in [2.05, 4.69) is 11.8 Å². The number of rotatable bonds is 3. The van der Waals surface area contributed by atoms with Crippen LogP contribution in [-0.4, -0.2) is 24.2 Å². The molecule has 14 heavy (non-hydrogen) atoms. The van der Waals surface area contributed by atoms with Gasteiger partial charge in [0.05, 0.1) is 6.17 Å². The Bertz CT molecular complexity index is 176. The van der Waals surface area contributed by atoms with Crippen LogP contribution in [0.3, 0.4) is 0 Å². The lowest BCUT2D eigenvalue weighted by molar-refractivity contribution is -0.0243. The van der Waals surface area contributed by atoms with E-state index in [-0.39, 0.29) is 12.4 Å². The lowest BCUT2D eigenvalue weighted by Crippen LogP contribution is -2.57. The summed E-state index contributed by atoms with van der Waals surface area (Å²) in [6, 6.07) is 0. The van der Waals surface area contributed by atoms with Crippen molar-refractivity contribution in [2.75, 3.05) is 13.1 Å². The standard InChI is InChI=1S/C11H22N2.ClH/c1-2-3-4-11-5-7-13(8-6-11)10(12)9-11;/h10H,2-9,12H2,1H3;1H. The molecular weight excluding hydrogens is 196 g/mol.